The normalized spacial score (nSPS) is 28.0. The second-order valence-corrected chi connectivity index (χ2v) is 3.36. The Labute approximate surface area is 76.5 Å². The minimum absolute atomic E-state index is 0.272. The summed E-state index contributed by atoms with van der Waals surface area (Å²) in [4.78, 5) is 21.9. The van der Waals surface area contributed by atoms with Crippen LogP contribution >= 0.6 is 0 Å². The minimum atomic E-state index is -0.415. The fourth-order valence-corrected chi connectivity index (χ4v) is 1.71. The first-order chi connectivity index (χ1) is 6.27. The van der Waals surface area contributed by atoms with Crippen LogP contribution in [0.2, 0.25) is 0 Å². The number of carbonyl (C=O) groups excluding carboxylic acids is 2. The summed E-state index contributed by atoms with van der Waals surface area (Å²) >= 11 is 0. The van der Waals surface area contributed by atoms with Crippen LogP contribution < -0.4 is 5.32 Å². The van der Waals surface area contributed by atoms with Gasteiger partial charge in [-0.15, -0.1) is 0 Å². The Bertz CT molecular complexity index is 309. The van der Waals surface area contributed by atoms with Gasteiger partial charge < -0.3 is 5.32 Å². The zero-order valence-electron chi connectivity index (χ0n) is 7.25. The molecule has 1 fully saturated rings. The molecule has 1 saturated heterocycles. The van der Waals surface area contributed by atoms with Gasteiger partial charge in [0.15, 0.2) is 0 Å². The lowest BCUT2D eigenvalue weighted by Gasteiger charge is -2.13. The third-order valence-electron chi connectivity index (χ3n) is 2.43. The molecule has 1 aliphatic heterocycles. The summed E-state index contributed by atoms with van der Waals surface area (Å²) in [6.07, 6.45) is 6.74. The predicted molar refractivity (Wildman–Crippen MR) is 48.3 cm³/mol. The van der Waals surface area contributed by atoms with E-state index >= 15 is 0 Å². The molecule has 0 aromatic heterocycles. The van der Waals surface area contributed by atoms with Crippen LogP contribution in [0.5, 0.6) is 0 Å². The fourth-order valence-electron chi connectivity index (χ4n) is 1.71. The molecule has 0 saturated carbocycles. The molecule has 0 spiro atoms. The maximum absolute atomic E-state index is 11.1. The SMILES string of the molecule is O=C1C=CC(C2CCCN2)=CC1=O. The van der Waals surface area contributed by atoms with E-state index < -0.39 is 11.6 Å². The van der Waals surface area contributed by atoms with Crippen molar-refractivity contribution in [1.82, 2.24) is 5.32 Å². The third-order valence-corrected chi connectivity index (χ3v) is 2.43. The average molecular weight is 177 g/mol. The van der Waals surface area contributed by atoms with Crippen LogP contribution in [0.3, 0.4) is 0 Å². The number of nitrogens with one attached hydrogen (secondary N) is 1. The van der Waals surface area contributed by atoms with E-state index in [1.54, 1.807) is 6.08 Å². The molecule has 0 radical (unpaired) electrons. The summed E-state index contributed by atoms with van der Waals surface area (Å²) in [7, 11) is 0. The molecule has 0 aromatic carbocycles. The monoisotopic (exact) mass is 177 g/mol. The maximum Gasteiger partial charge on any atom is 0.226 e. The largest absolute Gasteiger partial charge is 0.310 e. The number of rotatable bonds is 1. The van der Waals surface area contributed by atoms with Gasteiger partial charge in [0.2, 0.25) is 11.6 Å². The van der Waals surface area contributed by atoms with Crippen molar-refractivity contribution in [2.45, 2.75) is 18.9 Å². The number of hydrogen-bond donors (Lipinski definition) is 1. The molecule has 2 aliphatic rings. The van der Waals surface area contributed by atoms with E-state index in [1.165, 1.54) is 12.2 Å². The molecule has 3 nitrogen and oxygen atoms in total. The highest BCUT2D eigenvalue weighted by Gasteiger charge is 2.21. The lowest BCUT2D eigenvalue weighted by molar-refractivity contribution is -0.131. The number of carbonyl (C=O) groups is 2. The highest BCUT2D eigenvalue weighted by molar-refractivity contribution is 6.46. The van der Waals surface area contributed by atoms with Gasteiger partial charge in [-0.3, -0.25) is 9.59 Å². The van der Waals surface area contributed by atoms with E-state index in [0.29, 0.717) is 0 Å². The van der Waals surface area contributed by atoms with Gasteiger partial charge in [0.1, 0.15) is 0 Å². The quantitative estimate of drug-likeness (QED) is 0.465. The van der Waals surface area contributed by atoms with Crippen molar-refractivity contribution in [3.8, 4) is 0 Å². The molecule has 0 bridgehead atoms. The minimum Gasteiger partial charge on any atom is -0.310 e. The van der Waals surface area contributed by atoms with Gasteiger partial charge >= 0.3 is 0 Å². The summed E-state index contributed by atoms with van der Waals surface area (Å²) in [5.41, 5.74) is 0.946. The summed E-state index contributed by atoms with van der Waals surface area (Å²) in [5, 5.41) is 3.28. The van der Waals surface area contributed by atoms with Crippen molar-refractivity contribution in [2.24, 2.45) is 0 Å². The molecule has 68 valence electrons. The van der Waals surface area contributed by atoms with Crippen LogP contribution in [0, 0.1) is 0 Å². The van der Waals surface area contributed by atoms with Gasteiger partial charge in [-0.1, -0.05) is 6.08 Å². The molecule has 1 aliphatic carbocycles. The van der Waals surface area contributed by atoms with Crippen molar-refractivity contribution in [3.05, 3.63) is 23.8 Å². The van der Waals surface area contributed by atoms with Crippen molar-refractivity contribution >= 4 is 11.6 Å². The first-order valence-electron chi connectivity index (χ1n) is 4.49. The van der Waals surface area contributed by atoms with E-state index in [4.69, 9.17) is 0 Å². The van der Waals surface area contributed by atoms with Crippen LogP contribution in [0.1, 0.15) is 12.8 Å². The van der Waals surface area contributed by atoms with E-state index in [2.05, 4.69) is 5.32 Å². The number of allylic oxidation sites excluding steroid dienone is 2. The standard InChI is InChI=1S/C10H11NO2/c12-9-4-3-7(6-10(9)13)8-2-1-5-11-8/h3-4,6,8,11H,1-2,5H2. The number of ketones is 2. The lowest BCUT2D eigenvalue weighted by Crippen LogP contribution is -2.26. The highest BCUT2D eigenvalue weighted by atomic mass is 16.2. The average Bonchev–Trinajstić information content (AvgIpc) is 2.62. The van der Waals surface area contributed by atoms with Crippen LogP contribution in [0.15, 0.2) is 23.8 Å². The maximum atomic E-state index is 11.1. The number of hydrogen-bond acceptors (Lipinski definition) is 3. The van der Waals surface area contributed by atoms with Crippen molar-refractivity contribution in [2.75, 3.05) is 6.54 Å². The van der Waals surface area contributed by atoms with E-state index in [0.717, 1.165) is 25.0 Å². The molecule has 1 N–H and O–H groups in total. The third kappa shape index (κ3) is 1.60. The molecule has 1 atom stereocenters. The Hall–Kier alpha value is -1.22. The highest BCUT2D eigenvalue weighted by Crippen LogP contribution is 2.17. The summed E-state index contributed by atoms with van der Waals surface area (Å²) in [5.74, 6) is -0.812. The predicted octanol–water partition coefficient (Wildman–Crippen LogP) is 0.373. The summed E-state index contributed by atoms with van der Waals surface area (Å²) in [6.45, 7) is 0.998. The van der Waals surface area contributed by atoms with Crippen LogP contribution in [0.4, 0.5) is 0 Å². The molecule has 13 heavy (non-hydrogen) atoms. The fraction of sp³-hybridized carbons (Fsp3) is 0.400. The lowest BCUT2D eigenvalue weighted by atomic mass is 9.98. The van der Waals surface area contributed by atoms with Gasteiger partial charge in [-0.2, -0.15) is 0 Å². The zero-order valence-corrected chi connectivity index (χ0v) is 7.25. The molecular formula is C10H11NO2. The van der Waals surface area contributed by atoms with Crippen molar-refractivity contribution in [1.29, 1.82) is 0 Å². The first kappa shape index (κ1) is 8.38. The van der Waals surface area contributed by atoms with Gasteiger partial charge in [0.25, 0.3) is 0 Å². The zero-order chi connectivity index (χ0) is 9.26. The van der Waals surface area contributed by atoms with Crippen molar-refractivity contribution in [3.63, 3.8) is 0 Å². The molecule has 3 heteroatoms. The van der Waals surface area contributed by atoms with E-state index in [9.17, 15) is 9.59 Å². The van der Waals surface area contributed by atoms with Gasteiger partial charge in [0, 0.05) is 6.04 Å². The smallest absolute Gasteiger partial charge is 0.226 e. The molecule has 0 aromatic rings. The van der Waals surface area contributed by atoms with Crippen LogP contribution in [0.25, 0.3) is 0 Å². The Kier molecular flexibility index (Phi) is 2.10. The molecule has 1 heterocycles. The Balaban J connectivity index is 2.16. The first-order valence-corrected chi connectivity index (χ1v) is 4.49. The van der Waals surface area contributed by atoms with E-state index in [-0.39, 0.29) is 6.04 Å². The molecule has 1 unspecified atom stereocenters. The Morgan fingerprint density at radius 3 is 2.69 bits per heavy atom. The second kappa shape index (κ2) is 3.26. The second-order valence-electron chi connectivity index (χ2n) is 3.36. The van der Waals surface area contributed by atoms with E-state index in [1.807, 2.05) is 0 Å². The molecular weight excluding hydrogens is 166 g/mol. The summed E-state index contributed by atoms with van der Waals surface area (Å²) in [6, 6.07) is 0.272. The Morgan fingerprint density at radius 2 is 2.08 bits per heavy atom. The van der Waals surface area contributed by atoms with Gasteiger partial charge in [0.05, 0.1) is 0 Å². The Morgan fingerprint density at radius 1 is 1.23 bits per heavy atom. The topological polar surface area (TPSA) is 46.2 Å². The molecule has 2 rings (SSSR count). The van der Waals surface area contributed by atoms with Crippen molar-refractivity contribution < 1.29 is 9.59 Å². The van der Waals surface area contributed by atoms with Crippen LogP contribution in [-0.4, -0.2) is 24.2 Å². The van der Waals surface area contributed by atoms with Crippen LogP contribution in [-0.2, 0) is 9.59 Å². The van der Waals surface area contributed by atoms with Gasteiger partial charge in [-0.25, -0.2) is 0 Å². The summed E-state index contributed by atoms with van der Waals surface area (Å²) < 4.78 is 0. The molecule has 0 amide bonds. The van der Waals surface area contributed by atoms with Gasteiger partial charge in [-0.05, 0) is 37.1 Å².